The summed E-state index contributed by atoms with van der Waals surface area (Å²) in [5.74, 6) is -1.16. The second-order valence-electron chi connectivity index (χ2n) is 4.58. The van der Waals surface area contributed by atoms with Gasteiger partial charge >= 0.3 is 5.97 Å². The predicted octanol–water partition coefficient (Wildman–Crippen LogP) is 3.05. The average Bonchev–Trinajstić information content (AvgIpc) is 3.05. The molecule has 0 bridgehead atoms. The molecular formula is C16H16FNO3S. The van der Waals surface area contributed by atoms with Crippen molar-refractivity contribution >= 4 is 23.2 Å². The zero-order valence-electron chi connectivity index (χ0n) is 12.0. The quantitative estimate of drug-likeness (QED) is 0.832. The summed E-state index contributed by atoms with van der Waals surface area (Å²) in [6.45, 7) is 1.34. The Morgan fingerprint density at radius 3 is 2.59 bits per heavy atom. The molecule has 0 unspecified atom stereocenters. The van der Waals surface area contributed by atoms with Gasteiger partial charge in [-0.15, -0.1) is 11.3 Å². The summed E-state index contributed by atoms with van der Waals surface area (Å²) < 4.78 is 17.9. The van der Waals surface area contributed by atoms with E-state index in [0.29, 0.717) is 0 Å². The van der Waals surface area contributed by atoms with Crippen molar-refractivity contribution in [3.05, 3.63) is 58.0 Å². The normalized spacial score (nSPS) is 11.7. The van der Waals surface area contributed by atoms with Gasteiger partial charge in [-0.25, -0.2) is 4.39 Å². The molecule has 0 aliphatic carbocycles. The molecule has 0 spiro atoms. The predicted molar refractivity (Wildman–Crippen MR) is 82.0 cm³/mol. The number of nitrogens with one attached hydrogen (secondary N) is 1. The molecule has 6 heteroatoms. The summed E-state index contributed by atoms with van der Waals surface area (Å²) in [6, 6.07) is 9.30. The number of rotatable bonds is 6. The Morgan fingerprint density at radius 1 is 1.27 bits per heavy atom. The van der Waals surface area contributed by atoms with Gasteiger partial charge in [-0.1, -0.05) is 25.1 Å². The lowest BCUT2D eigenvalue weighted by molar-refractivity contribution is -0.148. The summed E-state index contributed by atoms with van der Waals surface area (Å²) in [7, 11) is 0. The van der Waals surface area contributed by atoms with E-state index in [-0.39, 0.29) is 18.8 Å². The van der Waals surface area contributed by atoms with Crippen LogP contribution in [0.5, 0.6) is 0 Å². The lowest BCUT2D eigenvalue weighted by Gasteiger charge is -2.18. The summed E-state index contributed by atoms with van der Waals surface area (Å²) in [4.78, 5) is 24.0. The van der Waals surface area contributed by atoms with E-state index >= 15 is 0 Å². The number of benzene rings is 1. The van der Waals surface area contributed by atoms with Crippen LogP contribution >= 0.6 is 11.3 Å². The fourth-order valence-electron chi connectivity index (χ4n) is 1.88. The number of carbonyl (C=O) groups excluding carboxylic acids is 2. The Balaban J connectivity index is 2.10. The highest BCUT2D eigenvalue weighted by Gasteiger charge is 2.18. The molecule has 1 atom stereocenters. The van der Waals surface area contributed by atoms with Crippen molar-refractivity contribution in [3.63, 3.8) is 0 Å². The van der Waals surface area contributed by atoms with Gasteiger partial charge in [-0.3, -0.25) is 9.59 Å². The third-order valence-corrected chi connectivity index (χ3v) is 3.93. The number of halogens is 1. The maximum Gasteiger partial charge on any atom is 0.306 e. The molecule has 0 saturated heterocycles. The molecule has 2 aromatic rings. The topological polar surface area (TPSA) is 55.4 Å². The molecule has 0 radical (unpaired) electrons. The smallest absolute Gasteiger partial charge is 0.306 e. The van der Waals surface area contributed by atoms with E-state index in [4.69, 9.17) is 4.74 Å². The zero-order chi connectivity index (χ0) is 15.9. The molecule has 0 saturated carbocycles. The number of hydrogen-bond acceptors (Lipinski definition) is 4. The first-order chi connectivity index (χ1) is 10.6. The Kier molecular flexibility index (Phi) is 5.66. The number of hydrogen-bond donors (Lipinski definition) is 1. The molecule has 0 aliphatic rings. The molecule has 1 N–H and O–H groups in total. The van der Waals surface area contributed by atoms with Gasteiger partial charge in [0.25, 0.3) is 5.91 Å². The number of ether oxygens (including phenoxy) is 1. The first-order valence-corrected chi connectivity index (χ1v) is 7.72. The lowest BCUT2D eigenvalue weighted by atomic mass is 10.1. The number of amides is 1. The first kappa shape index (κ1) is 16.2. The van der Waals surface area contributed by atoms with E-state index in [9.17, 15) is 14.0 Å². The summed E-state index contributed by atoms with van der Waals surface area (Å²) >= 11 is 1.48. The highest BCUT2D eigenvalue weighted by Crippen LogP contribution is 2.26. The minimum atomic E-state index is -0.426. The van der Waals surface area contributed by atoms with Crippen LogP contribution in [0.2, 0.25) is 0 Å². The number of thiophene rings is 1. The summed E-state index contributed by atoms with van der Waals surface area (Å²) in [6.07, 6.45) is 0.222. The first-order valence-electron chi connectivity index (χ1n) is 6.84. The van der Waals surface area contributed by atoms with Crippen molar-refractivity contribution < 1.29 is 18.7 Å². The van der Waals surface area contributed by atoms with Gasteiger partial charge < -0.3 is 10.1 Å². The van der Waals surface area contributed by atoms with E-state index in [2.05, 4.69) is 5.32 Å². The highest BCUT2D eigenvalue weighted by atomic mass is 32.1. The van der Waals surface area contributed by atoms with Crippen LogP contribution in [-0.2, 0) is 14.3 Å². The molecule has 0 aliphatic heterocycles. The van der Waals surface area contributed by atoms with Gasteiger partial charge in [0.1, 0.15) is 5.82 Å². The molecule has 22 heavy (non-hydrogen) atoms. The third-order valence-electron chi connectivity index (χ3n) is 2.99. The molecule has 1 aromatic carbocycles. The maximum atomic E-state index is 13.1. The SMILES string of the molecule is CCC(=O)OCC(=O)N[C@H](c1ccc(F)cc1)c1cccs1. The van der Waals surface area contributed by atoms with Crippen molar-refractivity contribution in [1.82, 2.24) is 5.32 Å². The maximum absolute atomic E-state index is 13.1. The molecule has 1 aromatic heterocycles. The van der Waals surface area contributed by atoms with Crippen LogP contribution in [-0.4, -0.2) is 18.5 Å². The zero-order valence-corrected chi connectivity index (χ0v) is 12.9. The van der Waals surface area contributed by atoms with E-state index in [0.717, 1.165) is 10.4 Å². The minimum absolute atomic E-state index is 0.222. The van der Waals surface area contributed by atoms with Crippen LogP contribution in [0.25, 0.3) is 0 Å². The molecule has 116 valence electrons. The third kappa shape index (κ3) is 4.39. The van der Waals surface area contributed by atoms with Crippen LogP contribution < -0.4 is 5.32 Å². The highest BCUT2D eigenvalue weighted by molar-refractivity contribution is 7.10. The van der Waals surface area contributed by atoms with E-state index in [1.54, 1.807) is 19.1 Å². The van der Waals surface area contributed by atoms with E-state index < -0.39 is 17.9 Å². The molecular weight excluding hydrogens is 305 g/mol. The van der Waals surface area contributed by atoms with Crippen molar-refractivity contribution in [2.45, 2.75) is 19.4 Å². The minimum Gasteiger partial charge on any atom is -0.456 e. The van der Waals surface area contributed by atoms with Crippen LogP contribution in [0.4, 0.5) is 4.39 Å². The Morgan fingerprint density at radius 2 is 2.00 bits per heavy atom. The van der Waals surface area contributed by atoms with Gasteiger partial charge in [0.15, 0.2) is 6.61 Å². The van der Waals surface area contributed by atoms with Crippen molar-refractivity contribution in [3.8, 4) is 0 Å². The van der Waals surface area contributed by atoms with Crippen LogP contribution in [0.3, 0.4) is 0 Å². The summed E-state index contributed by atoms with van der Waals surface area (Å²) in [5, 5.41) is 4.70. The second kappa shape index (κ2) is 7.70. The fourth-order valence-corrected chi connectivity index (χ4v) is 2.68. The van der Waals surface area contributed by atoms with Crippen molar-refractivity contribution in [1.29, 1.82) is 0 Å². The van der Waals surface area contributed by atoms with Crippen LogP contribution in [0, 0.1) is 5.82 Å². The molecule has 1 amide bonds. The monoisotopic (exact) mass is 321 g/mol. The van der Waals surface area contributed by atoms with Gasteiger partial charge in [-0.2, -0.15) is 0 Å². The molecule has 1 heterocycles. The van der Waals surface area contributed by atoms with E-state index in [1.165, 1.54) is 23.5 Å². The molecule has 2 rings (SSSR count). The Hall–Kier alpha value is -2.21. The largest absolute Gasteiger partial charge is 0.456 e. The van der Waals surface area contributed by atoms with Crippen LogP contribution in [0.15, 0.2) is 41.8 Å². The fraction of sp³-hybridized carbons (Fsp3) is 0.250. The lowest BCUT2D eigenvalue weighted by Crippen LogP contribution is -2.32. The standard InChI is InChI=1S/C16H16FNO3S/c1-2-15(20)21-10-14(19)18-16(13-4-3-9-22-13)11-5-7-12(17)8-6-11/h3-9,16H,2,10H2,1H3,(H,18,19)/t16-/m1/s1. The van der Waals surface area contributed by atoms with Gasteiger partial charge in [0.05, 0.1) is 6.04 Å². The van der Waals surface area contributed by atoms with Gasteiger partial charge in [0, 0.05) is 11.3 Å². The second-order valence-corrected chi connectivity index (χ2v) is 5.56. The number of esters is 1. The van der Waals surface area contributed by atoms with E-state index in [1.807, 2.05) is 17.5 Å². The van der Waals surface area contributed by atoms with Crippen LogP contribution in [0.1, 0.15) is 29.8 Å². The van der Waals surface area contributed by atoms with Crippen molar-refractivity contribution in [2.24, 2.45) is 0 Å². The molecule has 0 fully saturated rings. The van der Waals surface area contributed by atoms with Gasteiger partial charge in [0.2, 0.25) is 0 Å². The molecule has 4 nitrogen and oxygen atoms in total. The number of carbonyl (C=O) groups is 2. The van der Waals surface area contributed by atoms with Gasteiger partial charge in [-0.05, 0) is 29.1 Å². The Labute approximate surface area is 131 Å². The average molecular weight is 321 g/mol. The van der Waals surface area contributed by atoms with Crippen molar-refractivity contribution in [2.75, 3.05) is 6.61 Å². The summed E-state index contributed by atoms with van der Waals surface area (Å²) in [5.41, 5.74) is 0.763. The Bertz CT molecular complexity index is 625.